The molecule has 5 aliphatic heterocycles. The van der Waals surface area contributed by atoms with Gasteiger partial charge in [-0.2, -0.15) is 0 Å². The van der Waals surface area contributed by atoms with E-state index in [9.17, 15) is 9.59 Å². The van der Waals surface area contributed by atoms with Crippen LogP contribution in [0, 0.1) is 5.41 Å². The van der Waals surface area contributed by atoms with Gasteiger partial charge in [0.1, 0.15) is 13.2 Å². The van der Waals surface area contributed by atoms with Gasteiger partial charge in [0.15, 0.2) is 23.0 Å². The molecule has 0 aliphatic carbocycles. The van der Waals surface area contributed by atoms with Crippen molar-refractivity contribution in [2.24, 2.45) is 21.1 Å². The number of fused-ring (bicyclic) bond motifs is 4. The molecule has 0 aromatic heterocycles. The van der Waals surface area contributed by atoms with Crippen LogP contribution in [-0.4, -0.2) is 118 Å². The molecule has 3 aromatic carbocycles. The van der Waals surface area contributed by atoms with Crippen molar-refractivity contribution in [2.45, 2.75) is 58.4 Å². The van der Waals surface area contributed by atoms with Crippen molar-refractivity contribution < 1.29 is 28.5 Å². The fourth-order valence-electron chi connectivity index (χ4n) is 8.66. The third kappa shape index (κ3) is 7.95. The van der Waals surface area contributed by atoms with E-state index >= 15 is 0 Å². The molecule has 0 spiro atoms. The van der Waals surface area contributed by atoms with Crippen LogP contribution >= 0.6 is 0 Å². The first kappa shape index (κ1) is 38.5. The van der Waals surface area contributed by atoms with Gasteiger partial charge in [0.25, 0.3) is 11.8 Å². The van der Waals surface area contributed by atoms with E-state index in [2.05, 4.69) is 48.4 Å². The SMILES string of the molecule is C=C1C[C@H]2C=Nc3cc(OCc4cc(COc5cc6c(cc5OC)C(=O)N5CC(C)(C)C[C@H]5C=N6)cc(N5CCN(CCCN)CC5)c4)c(OC)cc3C(=O)N2C1. The third-order valence-electron chi connectivity index (χ3n) is 11.6. The van der Waals surface area contributed by atoms with Gasteiger partial charge in [-0.1, -0.05) is 26.0 Å². The number of aliphatic imine (C=N–C) groups is 2. The number of nitrogens with zero attached hydrogens (tertiary/aromatic N) is 6. The fourth-order valence-corrected chi connectivity index (χ4v) is 8.66. The molecule has 2 atom stereocenters. The molecule has 0 unspecified atom stereocenters. The van der Waals surface area contributed by atoms with Crippen LogP contribution in [0.3, 0.4) is 0 Å². The molecule has 13 heteroatoms. The molecule has 0 bridgehead atoms. The Labute approximate surface area is 334 Å². The first-order chi connectivity index (χ1) is 27.5. The molecule has 0 saturated carbocycles. The average molecular weight is 776 g/mol. The van der Waals surface area contributed by atoms with Gasteiger partial charge in [0, 0.05) is 69.5 Å². The molecular formula is C44H53N7O6. The van der Waals surface area contributed by atoms with Crippen LogP contribution in [0.5, 0.6) is 23.0 Å². The highest BCUT2D eigenvalue weighted by atomic mass is 16.5. The lowest BCUT2D eigenvalue weighted by Gasteiger charge is -2.36. The summed E-state index contributed by atoms with van der Waals surface area (Å²) < 4.78 is 24.5. The predicted octanol–water partition coefficient (Wildman–Crippen LogP) is 5.78. The highest BCUT2D eigenvalue weighted by Gasteiger charge is 2.41. The minimum absolute atomic E-state index is 0.0306. The maximum absolute atomic E-state index is 13.7. The molecule has 8 rings (SSSR count). The number of methoxy groups -OCH3 is 2. The Kier molecular flexibility index (Phi) is 10.7. The number of piperazine rings is 1. The smallest absolute Gasteiger partial charge is 0.257 e. The van der Waals surface area contributed by atoms with Crippen LogP contribution in [0.25, 0.3) is 0 Å². The summed E-state index contributed by atoms with van der Waals surface area (Å²) >= 11 is 0. The van der Waals surface area contributed by atoms with E-state index in [4.69, 9.17) is 34.7 Å². The first-order valence-electron chi connectivity index (χ1n) is 19.9. The van der Waals surface area contributed by atoms with Gasteiger partial charge in [0.05, 0.1) is 48.8 Å². The van der Waals surface area contributed by atoms with Crippen LogP contribution < -0.4 is 29.6 Å². The number of benzene rings is 3. The van der Waals surface area contributed by atoms with Crippen molar-refractivity contribution in [3.63, 3.8) is 0 Å². The van der Waals surface area contributed by atoms with Crippen molar-refractivity contribution in [3.05, 3.63) is 76.9 Å². The summed E-state index contributed by atoms with van der Waals surface area (Å²) in [6.07, 6.45) is 6.28. The van der Waals surface area contributed by atoms with E-state index < -0.39 is 0 Å². The van der Waals surface area contributed by atoms with Crippen molar-refractivity contribution >= 4 is 41.3 Å². The van der Waals surface area contributed by atoms with Crippen molar-refractivity contribution in [1.29, 1.82) is 0 Å². The first-order valence-corrected chi connectivity index (χ1v) is 19.9. The third-order valence-corrected chi connectivity index (χ3v) is 11.6. The van der Waals surface area contributed by atoms with Gasteiger partial charge in [0.2, 0.25) is 0 Å². The Hall–Kier alpha value is -5.40. The monoisotopic (exact) mass is 775 g/mol. The lowest BCUT2D eigenvalue weighted by molar-refractivity contribution is 0.0758. The minimum Gasteiger partial charge on any atom is -0.493 e. The van der Waals surface area contributed by atoms with Crippen LogP contribution in [0.15, 0.2) is 64.6 Å². The van der Waals surface area contributed by atoms with Gasteiger partial charge in [-0.05, 0) is 79.2 Å². The Balaban J connectivity index is 1.05. The molecule has 0 radical (unpaired) electrons. The molecule has 13 nitrogen and oxygen atoms in total. The fraction of sp³-hybridized carbons (Fsp3) is 0.455. The zero-order valence-corrected chi connectivity index (χ0v) is 33.5. The molecule has 2 amide bonds. The number of ether oxygens (including phenoxy) is 4. The maximum Gasteiger partial charge on any atom is 0.257 e. The molecule has 3 aromatic rings. The number of amides is 2. The lowest BCUT2D eigenvalue weighted by atomic mass is 9.91. The molecule has 5 heterocycles. The Bertz CT molecular complexity index is 2120. The van der Waals surface area contributed by atoms with E-state index in [1.165, 1.54) is 0 Å². The number of hydrogen-bond donors (Lipinski definition) is 1. The van der Waals surface area contributed by atoms with Crippen molar-refractivity contribution in [1.82, 2.24) is 14.7 Å². The quantitative estimate of drug-likeness (QED) is 0.228. The summed E-state index contributed by atoms with van der Waals surface area (Å²) in [5, 5.41) is 0. The molecular weight excluding hydrogens is 723 g/mol. The van der Waals surface area contributed by atoms with Crippen LogP contribution in [0.4, 0.5) is 17.1 Å². The molecule has 3 fully saturated rings. The highest BCUT2D eigenvalue weighted by Crippen LogP contribution is 2.42. The minimum atomic E-state index is -0.106. The number of anilines is 1. The number of nitrogens with two attached hydrogens (primary N) is 1. The van der Waals surface area contributed by atoms with Crippen LogP contribution in [-0.2, 0) is 13.2 Å². The Morgan fingerprint density at radius 2 is 1.35 bits per heavy atom. The van der Waals surface area contributed by atoms with Gasteiger partial charge < -0.3 is 39.4 Å². The average Bonchev–Trinajstić information content (AvgIpc) is 3.68. The van der Waals surface area contributed by atoms with Crippen molar-refractivity contribution in [2.75, 3.05) is 71.5 Å². The normalized spacial score (nSPS) is 21.1. The van der Waals surface area contributed by atoms with E-state index in [1.54, 1.807) is 32.4 Å². The number of hydrogen-bond acceptors (Lipinski definition) is 11. The van der Waals surface area contributed by atoms with Crippen LogP contribution in [0.2, 0.25) is 0 Å². The van der Waals surface area contributed by atoms with Gasteiger partial charge in [-0.15, -0.1) is 0 Å². The lowest BCUT2D eigenvalue weighted by Crippen LogP contribution is -2.47. The van der Waals surface area contributed by atoms with Crippen molar-refractivity contribution in [3.8, 4) is 23.0 Å². The van der Waals surface area contributed by atoms with Crippen LogP contribution in [0.1, 0.15) is 65.0 Å². The zero-order valence-electron chi connectivity index (χ0n) is 33.5. The second-order valence-electron chi connectivity index (χ2n) is 16.5. The van der Waals surface area contributed by atoms with Gasteiger partial charge in [-0.25, -0.2) is 0 Å². The molecule has 57 heavy (non-hydrogen) atoms. The molecule has 300 valence electrons. The largest absolute Gasteiger partial charge is 0.493 e. The number of rotatable bonds is 12. The summed E-state index contributed by atoms with van der Waals surface area (Å²) in [6.45, 7) is 15.5. The molecule has 5 aliphatic rings. The zero-order chi connectivity index (χ0) is 39.8. The van der Waals surface area contributed by atoms with E-state index in [-0.39, 0.29) is 42.5 Å². The predicted molar refractivity (Wildman–Crippen MR) is 222 cm³/mol. The summed E-state index contributed by atoms with van der Waals surface area (Å²) in [6, 6.07) is 13.3. The Morgan fingerprint density at radius 3 is 1.93 bits per heavy atom. The summed E-state index contributed by atoms with van der Waals surface area (Å²) in [5.41, 5.74) is 11.9. The maximum atomic E-state index is 13.7. The van der Waals surface area contributed by atoms with E-state index in [0.29, 0.717) is 71.6 Å². The van der Waals surface area contributed by atoms with E-state index in [1.807, 2.05) is 28.3 Å². The Morgan fingerprint density at radius 1 is 0.772 bits per heavy atom. The van der Waals surface area contributed by atoms with Gasteiger partial charge in [-0.3, -0.25) is 24.5 Å². The van der Waals surface area contributed by atoms with Gasteiger partial charge >= 0.3 is 0 Å². The summed E-state index contributed by atoms with van der Waals surface area (Å²) in [5.74, 6) is 1.81. The molecule has 2 N–H and O–H groups in total. The number of carbonyl (C=O) groups excluding carboxylic acids is 2. The topological polar surface area (TPSA) is 135 Å². The second-order valence-corrected chi connectivity index (χ2v) is 16.5. The summed E-state index contributed by atoms with van der Waals surface area (Å²) in [4.78, 5) is 45.3. The standard InChI is InChI=1S/C44H53N7O6/c1-28-13-32-22-46-36-19-40(38(54-4)17-34(36)42(52)50(32)24-28)56-25-29-14-30(16-31(15-29)49-11-9-48(10-12-49)8-6-7-45)26-57-41-20-37-35(18-39(41)55-5)43(53)51-27-44(2,3)21-33(51)23-47-37/h14-20,22-23,32-33H,1,6-13,21,24-27,45H2,2-5H3/t32-,33-/m0/s1. The van der Waals surface area contributed by atoms with E-state index in [0.717, 1.165) is 68.0 Å². The number of carbonyl (C=O) groups is 2. The molecule has 3 saturated heterocycles. The summed E-state index contributed by atoms with van der Waals surface area (Å²) in [7, 11) is 3.16. The highest BCUT2D eigenvalue weighted by molar-refractivity contribution is 6.04. The second kappa shape index (κ2) is 15.9.